The van der Waals surface area contributed by atoms with Crippen LogP contribution in [0.2, 0.25) is 0 Å². The van der Waals surface area contributed by atoms with Gasteiger partial charge in [0.1, 0.15) is 0 Å². The molecule has 0 spiro atoms. The van der Waals surface area contributed by atoms with Gasteiger partial charge in [0.05, 0.1) is 5.75 Å². The Balaban J connectivity index is 1.48. The van der Waals surface area contributed by atoms with E-state index in [2.05, 4.69) is 39.9 Å². The van der Waals surface area contributed by atoms with Gasteiger partial charge in [-0.3, -0.25) is 14.5 Å². The zero-order chi connectivity index (χ0) is 21.4. The van der Waals surface area contributed by atoms with Gasteiger partial charge in [-0.1, -0.05) is 35.2 Å². The van der Waals surface area contributed by atoms with Gasteiger partial charge in [-0.15, -0.1) is 10.2 Å². The summed E-state index contributed by atoms with van der Waals surface area (Å²) < 4.78 is 2.83. The van der Waals surface area contributed by atoms with Crippen molar-refractivity contribution in [2.45, 2.75) is 50.9 Å². The van der Waals surface area contributed by atoms with Crippen molar-refractivity contribution in [1.29, 1.82) is 0 Å². The number of benzene rings is 1. The van der Waals surface area contributed by atoms with E-state index >= 15 is 0 Å². The highest BCUT2D eigenvalue weighted by molar-refractivity contribution is 8.01. The van der Waals surface area contributed by atoms with Crippen LogP contribution in [0.15, 0.2) is 34.7 Å². The number of hydrogen-bond donors (Lipinski definition) is 0. The fourth-order valence-corrected chi connectivity index (χ4v) is 5.49. The van der Waals surface area contributed by atoms with Crippen LogP contribution in [-0.4, -0.2) is 38.2 Å². The summed E-state index contributed by atoms with van der Waals surface area (Å²) in [5, 5.41) is 8.97. The van der Waals surface area contributed by atoms with Crippen molar-refractivity contribution in [2.24, 2.45) is 0 Å². The predicted octanol–water partition coefficient (Wildman–Crippen LogP) is 4.74. The maximum atomic E-state index is 12.9. The van der Waals surface area contributed by atoms with E-state index in [9.17, 15) is 9.59 Å². The first-order valence-corrected chi connectivity index (χ1v) is 11.7. The summed E-state index contributed by atoms with van der Waals surface area (Å²) in [5.41, 5.74) is 4.95. The number of Topliss-reactive ketones (excluding diaryl/α,β-unsaturated/α-hetero) is 1. The van der Waals surface area contributed by atoms with E-state index in [0.29, 0.717) is 9.47 Å². The summed E-state index contributed by atoms with van der Waals surface area (Å²) in [7, 11) is 0. The van der Waals surface area contributed by atoms with Crippen molar-refractivity contribution in [3.63, 3.8) is 0 Å². The van der Waals surface area contributed by atoms with E-state index in [1.807, 2.05) is 26.0 Å². The molecule has 1 aliphatic carbocycles. The second-order valence-corrected chi connectivity index (χ2v) is 9.82. The van der Waals surface area contributed by atoms with Crippen molar-refractivity contribution in [1.82, 2.24) is 14.8 Å². The lowest BCUT2D eigenvalue weighted by Gasteiger charge is -2.15. The smallest absolute Gasteiger partial charge is 0.225 e. The van der Waals surface area contributed by atoms with E-state index in [4.69, 9.17) is 0 Å². The summed E-state index contributed by atoms with van der Waals surface area (Å²) in [6, 6.07) is 10.5. The molecular formula is C22H24N4O2S2. The molecule has 1 saturated carbocycles. The Kier molecular flexibility index (Phi) is 5.79. The van der Waals surface area contributed by atoms with E-state index < -0.39 is 0 Å². The number of rotatable bonds is 7. The Labute approximate surface area is 184 Å². The molecule has 4 rings (SSSR count). The van der Waals surface area contributed by atoms with E-state index in [-0.39, 0.29) is 23.5 Å². The summed E-state index contributed by atoms with van der Waals surface area (Å²) >= 11 is 2.75. The number of hydrogen-bond acceptors (Lipinski definition) is 6. The third kappa shape index (κ3) is 4.20. The highest BCUT2D eigenvalue weighted by Gasteiger charge is 2.34. The number of nitrogens with zero attached hydrogens (tertiary/aromatic N) is 4. The summed E-state index contributed by atoms with van der Waals surface area (Å²) in [5.74, 6) is 0.343. The van der Waals surface area contributed by atoms with E-state index in [1.54, 1.807) is 11.8 Å². The van der Waals surface area contributed by atoms with Gasteiger partial charge in [0.15, 0.2) is 10.1 Å². The molecule has 0 saturated heterocycles. The van der Waals surface area contributed by atoms with E-state index in [0.717, 1.165) is 35.5 Å². The number of amides is 1. The maximum Gasteiger partial charge on any atom is 0.225 e. The van der Waals surface area contributed by atoms with Gasteiger partial charge in [0, 0.05) is 35.6 Å². The highest BCUT2D eigenvalue weighted by Crippen LogP contribution is 2.36. The second kappa shape index (κ2) is 8.35. The zero-order valence-corrected chi connectivity index (χ0v) is 19.1. The molecule has 1 fully saturated rings. The third-order valence-corrected chi connectivity index (χ3v) is 7.23. The number of thioether (sulfide) groups is 1. The van der Waals surface area contributed by atoms with Crippen LogP contribution < -0.4 is 4.90 Å². The number of aromatic nitrogens is 3. The van der Waals surface area contributed by atoms with Gasteiger partial charge in [0.25, 0.3) is 0 Å². The minimum absolute atomic E-state index is 0.00938. The molecular weight excluding hydrogens is 416 g/mol. The number of carbonyl (C=O) groups is 2. The molecule has 0 bridgehead atoms. The Morgan fingerprint density at radius 1 is 1.20 bits per heavy atom. The fraction of sp³-hybridized carbons (Fsp3) is 0.364. The molecule has 0 unspecified atom stereocenters. The van der Waals surface area contributed by atoms with Gasteiger partial charge in [-0.05, 0) is 57.4 Å². The molecule has 30 heavy (non-hydrogen) atoms. The molecule has 6 nitrogen and oxygen atoms in total. The van der Waals surface area contributed by atoms with Crippen LogP contribution in [0.25, 0.3) is 5.69 Å². The first kappa shape index (κ1) is 20.8. The molecule has 0 N–H and O–H groups in total. The standard InChI is InChI=1S/C22H24N4O2S2/c1-13-6-5-7-18(10-13)25-14(2)11-19(15(25)3)20(28)12-29-22-24-23-21(30-22)26(16(4)27)17-8-9-17/h5-7,10-11,17H,8-9,12H2,1-4H3. The molecule has 0 atom stereocenters. The molecule has 2 aromatic heterocycles. The summed E-state index contributed by atoms with van der Waals surface area (Å²) in [6.07, 6.45) is 2.02. The number of anilines is 1. The Morgan fingerprint density at radius 3 is 2.63 bits per heavy atom. The zero-order valence-electron chi connectivity index (χ0n) is 17.5. The van der Waals surface area contributed by atoms with Crippen molar-refractivity contribution >= 4 is 39.9 Å². The van der Waals surface area contributed by atoms with Crippen LogP contribution in [0, 0.1) is 20.8 Å². The van der Waals surface area contributed by atoms with Gasteiger partial charge in [0.2, 0.25) is 11.0 Å². The largest absolute Gasteiger partial charge is 0.318 e. The Hall–Kier alpha value is -2.45. The van der Waals surface area contributed by atoms with E-state index in [1.165, 1.54) is 28.7 Å². The first-order chi connectivity index (χ1) is 14.3. The minimum atomic E-state index is -0.00938. The molecule has 156 valence electrons. The van der Waals surface area contributed by atoms with Gasteiger partial charge in [-0.25, -0.2) is 0 Å². The Bertz CT molecular complexity index is 1110. The highest BCUT2D eigenvalue weighted by atomic mass is 32.2. The molecule has 1 aromatic carbocycles. The average Bonchev–Trinajstić information content (AvgIpc) is 3.32. The average molecular weight is 441 g/mol. The lowest BCUT2D eigenvalue weighted by molar-refractivity contribution is -0.116. The molecule has 8 heteroatoms. The normalized spacial score (nSPS) is 13.5. The van der Waals surface area contributed by atoms with Crippen LogP contribution in [0.3, 0.4) is 0 Å². The first-order valence-electron chi connectivity index (χ1n) is 9.90. The van der Waals surface area contributed by atoms with Crippen molar-refractivity contribution < 1.29 is 9.59 Å². The quantitative estimate of drug-likeness (QED) is 0.301. The van der Waals surface area contributed by atoms with Gasteiger partial charge in [-0.2, -0.15) is 0 Å². The topological polar surface area (TPSA) is 68.1 Å². The fourth-order valence-electron chi connectivity index (χ4n) is 3.65. The maximum absolute atomic E-state index is 12.9. The van der Waals surface area contributed by atoms with Gasteiger partial charge >= 0.3 is 0 Å². The van der Waals surface area contributed by atoms with Crippen LogP contribution in [0.4, 0.5) is 5.13 Å². The molecule has 2 heterocycles. The minimum Gasteiger partial charge on any atom is -0.318 e. The Morgan fingerprint density at radius 2 is 1.97 bits per heavy atom. The van der Waals surface area contributed by atoms with Crippen LogP contribution >= 0.6 is 23.1 Å². The molecule has 0 radical (unpaired) electrons. The molecule has 0 aliphatic heterocycles. The molecule has 1 amide bonds. The lowest BCUT2D eigenvalue weighted by atomic mass is 10.2. The summed E-state index contributed by atoms with van der Waals surface area (Å²) in [6.45, 7) is 7.62. The summed E-state index contributed by atoms with van der Waals surface area (Å²) in [4.78, 5) is 26.5. The molecule has 3 aromatic rings. The predicted molar refractivity (Wildman–Crippen MR) is 121 cm³/mol. The van der Waals surface area contributed by atoms with Crippen LogP contribution in [0.5, 0.6) is 0 Å². The lowest BCUT2D eigenvalue weighted by Crippen LogP contribution is -2.30. The number of aryl methyl sites for hydroxylation is 2. The monoisotopic (exact) mass is 440 g/mol. The second-order valence-electron chi connectivity index (χ2n) is 7.64. The van der Waals surface area contributed by atoms with Gasteiger partial charge < -0.3 is 4.57 Å². The number of carbonyl (C=O) groups excluding carboxylic acids is 2. The van der Waals surface area contributed by atoms with Crippen LogP contribution in [-0.2, 0) is 4.79 Å². The number of ketones is 1. The van der Waals surface area contributed by atoms with Crippen molar-refractivity contribution in [2.75, 3.05) is 10.7 Å². The van der Waals surface area contributed by atoms with Crippen LogP contribution in [0.1, 0.15) is 47.1 Å². The van der Waals surface area contributed by atoms with Crippen molar-refractivity contribution in [3.05, 3.63) is 52.8 Å². The molecule has 1 aliphatic rings. The van der Waals surface area contributed by atoms with Crippen molar-refractivity contribution in [3.8, 4) is 5.69 Å². The SMILES string of the molecule is CC(=O)N(c1nnc(SCC(=O)c2cc(C)n(-c3cccc(C)c3)c2C)s1)C1CC1. The third-order valence-electron chi connectivity index (χ3n) is 5.17.